The molecule has 0 bridgehead atoms. The van der Waals surface area contributed by atoms with Gasteiger partial charge in [-0.25, -0.2) is 0 Å². The number of rotatable bonds is 2. The molecular weight excluding hydrogens is 399 g/mol. The van der Waals surface area contributed by atoms with E-state index >= 15 is 0 Å². The minimum absolute atomic E-state index is 0.153. The van der Waals surface area contributed by atoms with Crippen LogP contribution in [0.25, 0.3) is 0 Å². The van der Waals surface area contributed by atoms with Gasteiger partial charge in [0.15, 0.2) is 11.5 Å². The van der Waals surface area contributed by atoms with E-state index in [-0.39, 0.29) is 6.79 Å². The molecule has 0 unspecified atom stereocenters. The first-order chi connectivity index (χ1) is 10.6. The van der Waals surface area contributed by atoms with Crippen LogP contribution in [0.3, 0.4) is 0 Å². The van der Waals surface area contributed by atoms with Crippen LogP contribution in [0.1, 0.15) is 0 Å². The van der Waals surface area contributed by atoms with Gasteiger partial charge in [-0.2, -0.15) is 0 Å². The molecule has 1 aliphatic heterocycles. The molecule has 0 atom stereocenters. The van der Waals surface area contributed by atoms with Gasteiger partial charge in [-0.15, -0.1) is 0 Å². The van der Waals surface area contributed by atoms with Crippen LogP contribution in [-0.4, -0.2) is 18.6 Å². The van der Waals surface area contributed by atoms with Crippen molar-refractivity contribution in [3.63, 3.8) is 0 Å². The lowest BCUT2D eigenvalue weighted by atomic mass is 10.2. The lowest BCUT2D eigenvalue weighted by Gasteiger charge is -2.07. The van der Waals surface area contributed by atoms with Crippen LogP contribution in [0.15, 0.2) is 42.5 Å². The average Bonchev–Trinajstić information content (AvgIpc) is 2.97. The topological polar surface area (TPSA) is 76.7 Å². The Bertz CT molecular complexity index is 731. The molecule has 0 fully saturated rings. The number of fused-ring (bicyclic) bond motifs is 1. The molecule has 1 heterocycles. The third-order valence-electron chi connectivity index (χ3n) is 2.94. The van der Waals surface area contributed by atoms with Crippen molar-refractivity contribution in [2.24, 2.45) is 0 Å². The van der Waals surface area contributed by atoms with Gasteiger partial charge in [0.2, 0.25) is 6.79 Å². The first kappa shape index (κ1) is 14.6. The van der Waals surface area contributed by atoms with Gasteiger partial charge in [0.05, 0.1) is 0 Å². The molecule has 0 spiro atoms. The number of ether oxygens (including phenoxy) is 2. The summed E-state index contributed by atoms with van der Waals surface area (Å²) in [6.07, 6.45) is 0. The summed E-state index contributed by atoms with van der Waals surface area (Å²) in [5.74, 6) is -0.339. The van der Waals surface area contributed by atoms with Crippen molar-refractivity contribution >= 4 is 45.8 Å². The molecule has 6 nitrogen and oxygen atoms in total. The number of hydrogen-bond acceptors (Lipinski definition) is 4. The second kappa shape index (κ2) is 6.22. The third-order valence-corrected chi connectivity index (χ3v) is 3.66. The monoisotopic (exact) mass is 410 g/mol. The Balaban J connectivity index is 1.63. The third kappa shape index (κ3) is 3.30. The second-order valence-corrected chi connectivity index (χ2v) is 5.73. The van der Waals surface area contributed by atoms with E-state index in [0.717, 1.165) is 3.57 Å². The first-order valence-corrected chi connectivity index (χ1v) is 7.47. The van der Waals surface area contributed by atoms with E-state index in [4.69, 9.17) is 9.47 Å². The molecular formula is C15H11IN2O4. The Hall–Kier alpha value is -2.29. The Morgan fingerprint density at radius 1 is 0.864 bits per heavy atom. The first-order valence-electron chi connectivity index (χ1n) is 6.39. The maximum absolute atomic E-state index is 11.9. The highest BCUT2D eigenvalue weighted by Crippen LogP contribution is 2.34. The lowest BCUT2D eigenvalue weighted by Crippen LogP contribution is -2.29. The molecule has 2 amide bonds. The molecule has 112 valence electrons. The van der Waals surface area contributed by atoms with Gasteiger partial charge in [-0.1, -0.05) is 0 Å². The normalized spacial score (nSPS) is 11.9. The number of carbonyl (C=O) groups excluding carboxylic acids is 2. The van der Waals surface area contributed by atoms with E-state index < -0.39 is 11.8 Å². The smallest absolute Gasteiger partial charge is 0.314 e. The highest BCUT2D eigenvalue weighted by atomic mass is 127. The summed E-state index contributed by atoms with van der Waals surface area (Å²) in [5.41, 5.74) is 1.03. The molecule has 7 heteroatoms. The predicted octanol–water partition coefficient (Wildman–Crippen LogP) is 2.60. The van der Waals surface area contributed by atoms with Crippen LogP contribution in [0.5, 0.6) is 11.5 Å². The van der Waals surface area contributed by atoms with E-state index in [1.165, 1.54) is 0 Å². The van der Waals surface area contributed by atoms with Crippen LogP contribution in [-0.2, 0) is 9.59 Å². The van der Waals surface area contributed by atoms with Crippen molar-refractivity contribution in [1.29, 1.82) is 0 Å². The van der Waals surface area contributed by atoms with E-state index in [2.05, 4.69) is 33.2 Å². The van der Waals surface area contributed by atoms with Crippen LogP contribution in [0.2, 0.25) is 0 Å². The fourth-order valence-electron chi connectivity index (χ4n) is 1.88. The lowest BCUT2D eigenvalue weighted by molar-refractivity contribution is -0.132. The molecule has 0 radical (unpaired) electrons. The molecule has 1 aliphatic rings. The largest absolute Gasteiger partial charge is 0.454 e. The van der Waals surface area contributed by atoms with Crippen LogP contribution in [0.4, 0.5) is 11.4 Å². The average molecular weight is 410 g/mol. The number of nitrogens with one attached hydrogen (secondary N) is 2. The summed E-state index contributed by atoms with van der Waals surface area (Å²) < 4.78 is 11.4. The van der Waals surface area contributed by atoms with Crippen molar-refractivity contribution in [2.75, 3.05) is 17.4 Å². The summed E-state index contributed by atoms with van der Waals surface area (Å²) in [4.78, 5) is 23.7. The molecule has 3 rings (SSSR count). The Morgan fingerprint density at radius 3 is 2.18 bits per heavy atom. The highest BCUT2D eigenvalue weighted by molar-refractivity contribution is 14.1. The standard InChI is InChI=1S/C15H11IN2O4/c16-9-1-3-10(4-2-9)17-14(19)15(20)18-11-5-6-12-13(7-11)22-8-21-12/h1-7H,8H2,(H,17,19)(H,18,20). The molecule has 2 N–H and O–H groups in total. The van der Waals surface area contributed by atoms with Crippen molar-refractivity contribution in [3.05, 3.63) is 46.0 Å². The predicted molar refractivity (Wildman–Crippen MR) is 89.0 cm³/mol. The van der Waals surface area contributed by atoms with E-state index in [1.54, 1.807) is 30.3 Å². The molecule has 0 aromatic heterocycles. The van der Waals surface area contributed by atoms with Gasteiger partial charge in [0.25, 0.3) is 0 Å². The van der Waals surface area contributed by atoms with Gasteiger partial charge in [-0.3, -0.25) is 9.59 Å². The molecule has 0 saturated carbocycles. The number of hydrogen-bond donors (Lipinski definition) is 2. The maximum Gasteiger partial charge on any atom is 0.314 e. The van der Waals surface area contributed by atoms with Gasteiger partial charge in [0.1, 0.15) is 0 Å². The number of halogens is 1. The van der Waals surface area contributed by atoms with Gasteiger partial charge >= 0.3 is 11.8 Å². The van der Waals surface area contributed by atoms with Crippen molar-refractivity contribution in [3.8, 4) is 11.5 Å². The Labute approximate surface area is 139 Å². The summed E-state index contributed by atoms with van der Waals surface area (Å²) >= 11 is 2.16. The van der Waals surface area contributed by atoms with Crippen LogP contribution >= 0.6 is 22.6 Å². The molecule has 2 aromatic carbocycles. The van der Waals surface area contributed by atoms with Gasteiger partial charge < -0.3 is 20.1 Å². The quantitative estimate of drug-likeness (QED) is 0.590. The van der Waals surface area contributed by atoms with Crippen LogP contribution in [0, 0.1) is 3.57 Å². The zero-order valence-electron chi connectivity index (χ0n) is 11.3. The Kier molecular flexibility index (Phi) is 4.14. The molecule has 2 aromatic rings. The maximum atomic E-state index is 11.9. The fourth-order valence-corrected chi connectivity index (χ4v) is 2.24. The van der Waals surface area contributed by atoms with E-state index in [1.807, 2.05) is 12.1 Å². The SMILES string of the molecule is O=C(Nc1ccc(I)cc1)C(=O)Nc1ccc2c(c1)OCO2. The van der Waals surface area contributed by atoms with Gasteiger partial charge in [0, 0.05) is 21.0 Å². The highest BCUT2D eigenvalue weighted by Gasteiger charge is 2.17. The molecule has 22 heavy (non-hydrogen) atoms. The summed E-state index contributed by atoms with van der Waals surface area (Å²) in [6.45, 7) is 0.153. The zero-order valence-corrected chi connectivity index (χ0v) is 13.4. The summed E-state index contributed by atoms with van der Waals surface area (Å²) in [6, 6.07) is 12.1. The van der Waals surface area contributed by atoms with Crippen molar-refractivity contribution in [1.82, 2.24) is 0 Å². The number of carbonyl (C=O) groups is 2. The number of amides is 2. The van der Waals surface area contributed by atoms with E-state index in [9.17, 15) is 9.59 Å². The van der Waals surface area contributed by atoms with Gasteiger partial charge in [-0.05, 0) is 59.0 Å². The minimum Gasteiger partial charge on any atom is -0.454 e. The Morgan fingerprint density at radius 2 is 1.45 bits per heavy atom. The summed E-state index contributed by atoms with van der Waals surface area (Å²) in [5, 5.41) is 5.05. The minimum atomic E-state index is -0.752. The zero-order chi connectivity index (χ0) is 15.5. The van der Waals surface area contributed by atoms with Crippen LogP contribution < -0.4 is 20.1 Å². The second-order valence-electron chi connectivity index (χ2n) is 4.48. The van der Waals surface area contributed by atoms with Crippen molar-refractivity contribution < 1.29 is 19.1 Å². The van der Waals surface area contributed by atoms with E-state index in [0.29, 0.717) is 22.9 Å². The molecule has 0 saturated heterocycles. The summed E-state index contributed by atoms with van der Waals surface area (Å²) in [7, 11) is 0. The number of anilines is 2. The fraction of sp³-hybridized carbons (Fsp3) is 0.0667. The van der Waals surface area contributed by atoms with Crippen molar-refractivity contribution in [2.45, 2.75) is 0 Å². The number of benzene rings is 2. The molecule has 0 aliphatic carbocycles.